The first-order valence-corrected chi connectivity index (χ1v) is 8.45. The Morgan fingerprint density at radius 2 is 1.92 bits per heavy atom. The van der Waals surface area contributed by atoms with Gasteiger partial charge in [0.2, 0.25) is 0 Å². The van der Waals surface area contributed by atoms with Crippen LogP contribution in [0.25, 0.3) is 10.8 Å². The van der Waals surface area contributed by atoms with E-state index in [2.05, 4.69) is 10.5 Å². The summed E-state index contributed by atoms with van der Waals surface area (Å²) in [6.45, 7) is 6.70. The van der Waals surface area contributed by atoms with E-state index >= 15 is 0 Å². The molecule has 0 aliphatic heterocycles. The minimum absolute atomic E-state index is 0.124. The monoisotopic (exact) mass is 338 g/mol. The van der Waals surface area contributed by atoms with Crippen LogP contribution < -0.4 is 10.1 Å². The predicted molar refractivity (Wildman–Crippen MR) is 96.9 cm³/mol. The molecule has 3 rings (SSSR count). The number of carbonyl (C=O) groups is 1. The Bertz CT molecular complexity index is 880. The molecule has 5 nitrogen and oxygen atoms in total. The van der Waals surface area contributed by atoms with E-state index in [0.29, 0.717) is 24.5 Å². The van der Waals surface area contributed by atoms with Crippen molar-refractivity contribution in [2.24, 2.45) is 0 Å². The molecule has 0 saturated carbocycles. The second kappa shape index (κ2) is 7.38. The van der Waals surface area contributed by atoms with Gasteiger partial charge in [-0.1, -0.05) is 36.3 Å². The van der Waals surface area contributed by atoms with Gasteiger partial charge in [-0.05, 0) is 43.2 Å². The fourth-order valence-electron chi connectivity index (χ4n) is 2.71. The van der Waals surface area contributed by atoms with E-state index in [4.69, 9.17) is 9.26 Å². The maximum atomic E-state index is 12.5. The molecule has 1 amide bonds. The largest absolute Gasteiger partial charge is 0.488 e. The van der Waals surface area contributed by atoms with Gasteiger partial charge >= 0.3 is 0 Å². The number of carbonyl (C=O) groups excluding carboxylic acids is 1. The van der Waals surface area contributed by atoms with E-state index in [1.54, 1.807) is 0 Å². The number of amides is 1. The molecule has 0 saturated heterocycles. The van der Waals surface area contributed by atoms with Gasteiger partial charge in [-0.25, -0.2) is 0 Å². The van der Waals surface area contributed by atoms with Crippen molar-refractivity contribution in [1.82, 2.24) is 10.5 Å². The number of aromatic nitrogens is 1. The quantitative estimate of drug-likeness (QED) is 0.733. The molecule has 0 atom stereocenters. The number of hydrogen-bond acceptors (Lipinski definition) is 4. The van der Waals surface area contributed by atoms with Crippen LogP contribution in [0.5, 0.6) is 5.75 Å². The summed E-state index contributed by atoms with van der Waals surface area (Å²) >= 11 is 0. The zero-order valence-corrected chi connectivity index (χ0v) is 14.8. The Morgan fingerprint density at radius 3 is 2.56 bits per heavy atom. The van der Waals surface area contributed by atoms with Crippen molar-refractivity contribution in [1.29, 1.82) is 0 Å². The van der Waals surface area contributed by atoms with Crippen molar-refractivity contribution in [3.05, 3.63) is 59.0 Å². The fourth-order valence-corrected chi connectivity index (χ4v) is 2.71. The molecule has 1 heterocycles. The smallest absolute Gasteiger partial charge is 0.255 e. The van der Waals surface area contributed by atoms with Crippen LogP contribution in [-0.2, 0) is 6.61 Å². The number of fused-ring (bicyclic) bond motifs is 1. The molecular weight excluding hydrogens is 316 g/mol. The van der Waals surface area contributed by atoms with Gasteiger partial charge in [-0.15, -0.1) is 0 Å². The van der Waals surface area contributed by atoms with Gasteiger partial charge in [0, 0.05) is 6.54 Å². The molecule has 130 valence electrons. The summed E-state index contributed by atoms with van der Waals surface area (Å²) in [5.74, 6) is 1.17. The highest BCUT2D eigenvalue weighted by Crippen LogP contribution is 2.27. The zero-order valence-electron chi connectivity index (χ0n) is 14.8. The lowest BCUT2D eigenvalue weighted by Crippen LogP contribution is -2.24. The maximum Gasteiger partial charge on any atom is 0.255 e. The second-order valence-corrected chi connectivity index (χ2v) is 6.04. The van der Waals surface area contributed by atoms with Gasteiger partial charge in [0.25, 0.3) is 5.91 Å². The first-order valence-electron chi connectivity index (χ1n) is 8.45. The summed E-state index contributed by atoms with van der Waals surface area (Å²) in [6, 6.07) is 11.7. The molecular formula is C20H22N2O3. The van der Waals surface area contributed by atoms with Crippen molar-refractivity contribution < 1.29 is 14.1 Å². The molecule has 0 fully saturated rings. The number of hydrogen-bond donors (Lipinski definition) is 1. The summed E-state index contributed by atoms with van der Waals surface area (Å²) in [4.78, 5) is 12.5. The topological polar surface area (TPSA) is 64.4 Å². The van der Waals surface area contributed by atoms with Gasteiger partial charge in [0.15, 0.2) is 0 Å². The van der Waals surface area contributed by atoms with Crippen LogP contribution in [0.3, 0.4) is 0 Å². The van der Waals surface area contributed by atoms with Crippen molar-refractivity contribution in [2.75, 3.05) is 6.54 Å². The number of aryl methyl sites for hydroxylation is 2. The molecule has 5 heteroatoms. The van der Waals surface area contributed by atoms with Gasteiger partial charge in [0.05, 0.1) is 16.8 Å². The summed E-state index contributed by atoms with van der Waals surface area (Å²) < 4.78 is 11.2. The van der Waals surface area contributed by atoms with Crippen LogP contribution in [0.2, 0.25) is 0 Å². The molecule has 0 aliphatic carbocycles. The molecule has 0 radical (unpaired) electrons. The highest BCUT2D eigenvalue weighted by molar-refractivity contribution is 6.01. The summed E-state index contributed by atoms with van der Waals surface area (Å²) in [5.41, 5.74) is 2.25. The molecule has 2 aromatic carbocycles. The second-order valence-electron chi connectivity index (χ2n) is 6.04. The number of rotatable bonds is 6. The predicted octanol–water partition coefficient (Wildman–Crippen LogP) is 4.16. The van der Waals surface area contributed by atoms with E-state index in [0.717, 1.165) is 34.2 Å². The fraction of sp³-hybridized carbons (Fsp3) is 0.300. The zero-order chi connectivity index (χ0) is 17.8. The van der Waals surface area contributed by atoms with E-state index in [1.165, 1.54) is 0 Å². The highest BCUT2D eigenvalue weighted by Gasteiger charge is 2.16. The average Bonchev–Trinajstić information content (AvgIpc) is 2.95. The van der Waals surface area contributed by atoms with Crippen molar-refractivity contribution in [3.8, 4) is 5.75 Å². The first-order chi connectivity index (χ1) is 12.1. The summed E-state index contributed by atoms with van der Waals surface area (Å²) in [6.07, 6.45) is 0.884. The molecule has 3 aromatic rings. The third-order valence-corrected chi connectivity index (χ3v) is 4.18. The highest BCUT2D eigenvalue weighted by atomic mass is 16.5. The van der Waals surface area contributed by atoms with E-state index in [-0.39, 0.29) is 5.91 Å². The number of nitrogens with one attached hydrogen (secondary N) is 1. The van der Waals surface area contributed by atoms with Crippen molar-refractivity contribution in [3.63, 3.8) is 0 Å². The Labute approximate surface area is 147 Å². The van der Waals surface area contributed by atoms with Gasteiger partial charge in [-0.2, -0.15) is 0 Å². The first kappa shape index (κ1) is 17.0. The molecule has 0 aliphatic rings. The SMILES string of the molecule is CCCNC(=O)c1cc2ccccc2cc1OCc1c(C)noc1C. The Morgan fingerprint density at radius 1 is 1.20 bits per heavy atom. The van der Waals surface area contributed by atoms with Crippen LogP contribution in [0.4, 0.5) is 0 Å². The van der Waals surface area contributed by atoms with Crippen molar-refractivity contribution >= 4 is 16.7 Å². The van der Waals surface area contributed by atoms with Crippen LogP contribution in [-0.4, -0.2) is 17.6 Å². The lowest BCUT2D eigenvalue weighted by atomic mass is 10.1. The van der Waals surface area contributed by atoms with Gasteiger partial charge < -0.3 is 14.6 Å². The van der Waals surface area contributed by atoms with Crippen LogP contribution >= 0.6 is 0 Å². The molecule has 1 aromatic heterocycles. The maximum absolute atomic E-state index is 12.5. The van der Waals surface area contributed by atoms with E-state index in [1.807, 2.05) is 57.2 Å². The number of nitrogens with zero attached hydrogens (tertiary/aromatic N) is 1. The van der Waals surface area contributed by atoms with Crippen LogP contribution in [0.1, 0.15) is 40.7 Å². The normalized spacial score (nSPS) is 10.8. The molecule has 1 N–H and O–H groups in total. The van der Waals surface area contributed by atoms with E-state index < -0.39 is 0 Å². The van der Waals surface area contributed by atoms with E-state index in [9.17, 15) is 4.79 Å². The minimum atomic E-state index is -0.124. The Kier molecular flexibility index (Phi) is 5.03. The standard InChI is InChI=1S/C20H22N2O3/c1-4-9-21-20(23)17-10-15-7-5-6-8-16(15)11-19(17)24-12-18-13(2)22-25-14(18)3/h5-8,10-11H,4,9,12H2,1-3H3,(H,21,23). The third-order valence-electron chi connectivity index (χ3n) is 4.18. The molecule has 0 unspecified atom stereocenters. The molecule has 25 heavy (non-hydrogen) atoms. The minimum Gasteiger partial charge on any atom is -0.488 e. The Hall–Kier alpha value is -2.82. The summed E-state index contributed by atoms with van der Waals surface area (Å²) in [7, 11) is 0. The van der Waals surface area contributed by atoms with Gasteiger partial charge in [-0.3, -0.25) is 4.79 Å². The molecule has 0 bridgehead atoms. The number of ether oxygens (including phenoxy) is 1. The lowest BCUT2D eigenvalue weighted by molar-refractivity contribution is 0.0949. The molecule has 0 spiro atoms. The Balaban J connectivity index is 1.94. The van der Waals surface area contributed by atoms with Gasteiger partial charge in [0.1, 0.15) is 18.1 Å². The van der Waals surface area contributed by atoms with Crippen molar-refractivity contribution in [2.45, 2.75) is 33.8 Å². The summed E-state index contributed by atoms with van der Waals surface area (Å²) in [5, 5.41) is 8.90. The lowest BCUT2D eigenvalue weighted by Gasteiger charge is -2.13. The van der Waals surface area contributed by atoms with Crippen LogP contribution in [0, 0.1) is 13.8 Å². The average molecular weight is 338 g/mol. The number of benzene rings is 2. The van der Waals surface area contributed by atoms with Crippen LogP contribution in [0.15, 0.2) is 40.9 Å². The third kappa shape index (κ3) is 3.65.